The Kier molecular flexibility index (Phi) is 8.03. The fraction of sp³-hybridized carbons (Fsp3) is 0.200. The highest BCUT2D eigenvalue weighted by molar-refractivity contribution is 9.10. The summed E-state index contributed by atoms with van der Waals surface area (Å²) >= 11 is 9.29. The van der Waals surface area contributed by atoms with E-state index in [0.29, 0.717) is 12.2 Å². The molecule has 1 amide bonds. The molecule has 0 fully saturated rings. The van der Waals surface area contributed by atoms with E-state index in [1.54, 1.807) is 18.0 Å². The van der Waals surface area contributed by atoms with Crippen molar-refractivity contribution >= 4 is 39.8 Å². The third kappa shape index (κ3) is 5.66. The number of ether oxygens (including phenoxy) is 1. The van der Waals surface area contributed by atoms with Crippen LogP contribution in [0.25, 0.3) is 11.3 Å². The van der Waals surface area contributed by atoms with Crippen LogP contribution in [0.15, 0.2) is 59.3 Å². The van der Waals surface area contributed by atoms with Crippen LogP contribution in [0.4, 0.5) is 5.82 Å². The molecule has 1 N–H and O–H groups in total. The Morgan fingerprint density at radius 3 is 2.48 bits per heavy atom. The van der Waals surface area contributed by atoms with Crippen LogP contribution in [0.3, 0.4) is 0 Å². The predicted molar refractivity (Wildman–Crippen MR) is 113 cm³/mol. The number of anilines is 1. The van der Waals surface area contributed by atoms with Gasteiger partial charge in [0, 0.05) is 29.2 Å². The minimum absolute atomic E-state index is 0.0729. The topological polar surface area (TPSA) is 56.1 Å². The molecule has 0 saturated carbocycles. The van der Waals surface area contributed by atoms with Crippen molar-refractivity contribution in [3.8, 4) is 11.3 Å². The maximum Gasteiger partial charge on any atom is 0.212 e. The minimum Gasteiger partial charge on any atom is -0.377 e. The number of nitrogens with one attached hydrogen (secondary N) is 1. The van der Waals surface area contributed by atoms with Crippen LogP contribution in [0.2, 0.25) is 5.02 Å². The summed E-state index contributed by atoms with van der Waals surface area (Å²) in [5.74, 6) is 0.692. The first-order chi connectivity index (χ1) is 13.0. The number of amides is 1. The molecule has 142 valence electrons. The lowest BCUT2D eigenvalue weighted by atomic mass is 10.1. The Bertz CT molecular complexity index is 881. The van der Waals surface area contributed by atoms with Crippen molar-refractivity contribution in [1.29, 1.82) is 0 Å². The number of methoxy groups -OCH3 is 1. The van der Waals surface area contributed by atoms with Crippen molar-refractivity contribution in [3.63, 3.8) is 0 Å². The second kappa shape index (κ2) is 10.3. The number of imidazole rings is 1. The summed E-state index contributed by atoms with van der Waals surface area (Å²) in [5.41, 5.74) is 2.77. The summed E-state index contributed by atoms with van der Waals surface area (Å²) in [6.45, 7) is 1.97. The molecule has 0 spiro atoms. The average molecular weight is 451 g/mol. The number of halogens is 2. The van der Waals surface area contributed by atoms with Crippen molar-refractivity contribution in [2.45, 2.75) is 13.0 Å². The minimum atomic E-state index is 0.0729. The van der Waals surface area contributed by atoms with E-state index >= 15 is 0 Å². The first-order valence-electron chi connectivity index (χ1n) is 8.22. The normalized spacial score (nSPS) is 11.3. The highest BCUT2D eigenvalue weighted by atomic mass is 79.9. The molecule has 7 heteroatoms. The zero-order chi connectivity index (χ0) is 19.8. The average Bonchev–Trinajstić information content (AvgIpc) is 3.04. The van der Waals surface area contributed by atoms with Gasteiger partial charge in [-0.1, -0.05) is 57.9 Å². The Balaban J connectivity index is 0.000000208. The van der Waals surface area contributed by atoms with Crippen molar-refractivity contribution in [2.24, 2.45) is 7.05 Å². The highest BCUT2D eigenvalue weighted by Gasteiger charge is 2.10. The molecule has 0 saturated heterocycles. The maximum atomic E-state index is 10.5. The molecule has 1 heterocycles. The molecule has 1 unspecified atom stereocenters. The summed E-state index contributed by atoms with van der Waals surface area (Å²) in [6.07, 6.45) is 2.39. The van der Waals surface area contributed by atoms with Gasteiger partial charge >= 0.3 is 0 Å². The Morgan fingerprint density at radius 2 is 1.89 bits per heavy atom. The number of aromatic nitrogens is 2. The summed E-state index contributed by atoms with van der Waals surface area (Å²) in [4.78, 5) is 14.8. The van der Waals surface area contributed by atoms with E-state index in [9.17, 15) is 4.79 Å². The van der Waals surface area contributed by atoms with Crippen LogP contribution in [0, 0.1) is 0 Å². The number of rotatable bonds is 5. The van der Waals surface area contributed by atoms with Gasteiger partial charge in [0.25, 0.3) is 0 Å². The van der Waals surface area contributed by atoms with Crippen molar-refractivity contribution in [3.05, 3.63) is 69.9 Å². The quantitative estimate of drug-likeness (QED) is 0.525. The zero-order valence-corrected chi connectivity index (χ0v) is 17.7. The maximum absolute atomic E-state index is 10.5. The lowest BCUT2D eigenvalue weighted by Gasteiger charge is -2.10. The van der Waals surface area contributed by atoms with Crippen LogP contribution < -0.4 is 5.32 Å². The first-order valence-corrected chi connectivity index (χ1v) is 9.39. The molecule has 27 heavy (non-hydrogen) atoms. The van der Waals surface area contributed by atoms with Gasteiger partial charge in [0.1, 0.15) is 11.5 Å². The Morgan fingerprint density at radius 1 is 1.22 bits per heavy atom. The van der Waals surface area contributed by atoms with Gasteiger partial charge in [-0.2, -0.15) is 0 Å². The van der Waals surface area contributed by atoms with Gasteiger partial charge in [-0.3, -0.25) is 4.79 Å². The molecular weight excluding hydrogens is 430 g/mol. The molecule has 1 atom stereocenters. The smallest absolute Gasteiger partial charge is 0.212 e. The molecule has 3 aromatic rings. The van der Waals surface area contributed by atoms with E-state index in [-0.39, 0.29) is 6.10 Å². The van der Waals surface area contributed by atoms with Gasteiger partial charge < -0.3 is 14.6 Å². The lowest BCUT2D eigenvalue weighted by molar-refractivity contribution is -0.105. The zero-order valence-electron chi connectivity index (χ0n) is 15.3. The van der Waals surface area contributed by atoms with E-state index in [1.807, 2.05) is 62.5 Å². The Hall–Kier alpha value is -2.15. The molecule has 0 aliphatic heterocycles. The number of hydrogen-bond donors (Lipinski definition) is 1. The summed E-state index contributed by atoms with van der Waals surface area (Å²) in [6, 6.07) is 15.5. The van der Waals surface area contributed by atoms with Crippen molar-refractivity contribution in [1.82, 2.24) is 9.55 Å². The molecule has 0 aliphatic rings. The largest absolute Gasteiger partial charge is 0.377 e. The van der Waals surface area contributed by atoms with Gasteiger partial charge in [0.15, 0.2) is 0 Å². The molecular formula is C20H21BrClN3O2. The van der Waals surface area contributed by atoms with Crippen LogP contribution in [-0.4, -0.2) is 23.1 Å². The van der Waals surface area contributed by atoms with Crippen LogP contribution in [0.5, 0.6) is 0 Å². The van der Waals surface area contributed by atoms with Crippen LogP contribution >= 0.6 is 27.5 Å². The van der Waals surface area contributed by atoms with Gasteiger partial charge in [-0.05, 0) is 30.7 Å². The molecule has 2 aromatic carbocycles. The van der Waals surface area contributed by atoms with E-state index in [1.165, 1.54) is 0 Å². The summed E-state index contributed by atoms with van der Waals surface area (Å²) in [5, 5.41) is 3.41. The van der Waals surface area contributed by atoms with Crippen molar-refractivity contribution in [2.75, 3.05) is 12.4 Å². The highest BCUT2D eigenvalue weighted by Crippen LogP contribution is 2.27. The fourth-order valence-corrected chi connectivity index (χ4v) is 2.96. The third-order valence-corrected chi connectivity index (χ3v) is 4.82. The molecule has 0 radical (unpaired) electrons. The lowest BCUT2D eigenvalue weighted by Crippen LogP contribution is -2.01. The molecule has 0 bridgehead atoms. The molecule has 0 aliphatic carbocycles. The molecule has 3 rings (SSSR count). The number of nitrogens with zero attached hydrogens (tertiary/aromatic N) is 2. The summed E-state index contributed by atoms with van der Waals surface area (Å²) in [7, 11) is 3.51. The Labute approximate surface area is 172 Å². The van der Waals surface area contributed by atoms with Crippen LogP contribution in [-0.2, 0) is 16.6 Å². The predicted octanol–water partition coefficient (Wildman–Crippen LogP) is 5.47. The second-order valence-corrected chi connectivity index (χ2v) is 7.04. The fourth-order valence-electron chi connectivity index (χ4n) is 2.41. The van der Waals surface area contributed by atoms with Crippen molar-refractivity contribution < 1.29 is 9.53 Å². The first kappa shape index (κ1) is 21.2. The van der Waals surface area contributed by atoms with E-state index in [2.05, 4.69) is 26.2 Å². The van der Waals surface area contributed by atoms with Gasteiger partial charge in [0.2, 0.25) is 6.41 Å². The van der Waals surface area contributed by atoms with Gasteiger partial charge in [-0.25, -0.2) is 4.98 Å². The van der Waals surface area contributed by atoms with E-state index in [0.717, 1.165) is 26.3 Å². The van der Waals surface area contributed by atoms with E-state index < -0.39 is 0 Å². The van der Waals surface area contributed by atoms with Crippen LogP contribution in [0.1, 0.15) is 18.6 Å². The number of carbonyl (C=O) groups excluding carboxylic acids is 1. The molecule has 1 aromatic heterocycles. The number of hydrogen-bond acceptors (Lipinski definition) is 3. The third-order valence-electron chi connectivity index (χ3n) is 3.95. The monoisotopic (exact) mass is 449 g/mol. The second-order valence-electron chi connectivity index (χ2n) is 5.72. The number of aryl methyl sites for hydroxylation is 1. The van der Waals surface area contributed by atoms with Gasteiger partial charge in [-0.15, -0.1) is 0 Å². The standard InChI is InChI=1S/C11H10BrN3O.C9H11ClO/c1-15-6-13-10(11(15)14-7-16)8-2-4-9(12)5-3-8;1-7(11-2)8-5-3-4-6-9(8)10/h2-7H,1H3,(H,14,16);3-7H,1-2H3. The number of benzene rings is 2. The van der Waals surface area contributed by atoms with E-state index in [4.69, 9.17) is 16.3 Å². The SMILES string of the molecule is COC(C)c1ccccc1Cl.Cn1cnc(-c2ccc(Br)cc2)c1NC=O. The summed E-state index contributed by atoms with van der Waals surface area (Å²) < 4.78 is 7.91. The number of carbonyl (C=O) groups is 1. The van der Waals surface area contributed by atoms with Gasteiger partial charge in [0.05, 0.1) is 12.4 Å². The molecule has 5 nitrogen and oxygen atoms in total.